The molecule has 1 fully saturated rings. The standard InChI is InChI=1S/C25H26O2/c26-19-7-9-20-18(16-19)6-8-22-21(20)13-15-25(23(22)10-11-24(25)27)14-12-17-4-2-1-3-5-17/h1-5,7,9,16,23,26H,6,8,10-15H2/t23-,25-/m0/s1. The van der Waals surface area contributed by atoms with Crippen molar-refractivity contribution in [1.29, 1.82) is 0 Å². The van der Waals surface area contributed by atoms with Gasteiger partial charge in [-0.1, -0.05) is 42.0 Å². The third kappa shape index (κ3) is 2.65. The summed E-state index contributed by atoms with van der Waals surface area (Å²) < 4.78 is 0. The topological polar surface area (TPSA) is 37.3 Å². The SMILES string of the molecule is O=C1CC[C@H]2C3=C(CC[C@]12CCc1ccccc1)c1ccc(O)cc1CC3. The van der Waals surface area contributed by atoms with Crippen LogP contribution < -0.4 is 0 Å². The molecule has 0 aliphatic heterocycles. The van der Waals surface area contributed by atoms with Crippen LogP contribution in [0.4, 0.5) is 0 Å². The maximum Gasteiger partial charge on any atom is 0.139 e. The van der Waals surface area contributed by atoms with E-state index in [0.717, 1.165) is 51.4 Å². The fourth-order valence-electron chi connectivity index (χ4n) is 5.97. The van der Waals surface area contributed by atoms with Crippen molar-refractivity contribution in [2.75, 3.05) is 0 Å². The average Bonchev–Trinajstić information content (AvgIpc) is 3.04. The molecule has 5 rings (SSSR count). The zero-order valence-electron chi connectivity index (χ0n) is 15.7. The van der Waals surface area contributed by atoms with Crippen molar-refractivity contribution < 1.29 is 9.90 Å². The summed E-state index contributed by atoms with van der Waals surface area (Å²) in [5.74, 6) is 1.30. The molecule has 2 heteroatoms. The van der Waals surface area contributed by atoms with E-state index in [1.165, 1.54) is 22.3 Å². The summed E-state index contributed by atoms with van der Waals surface area (Å²) in [4.78, 5) is 13.1. The van der Waals surface area contributed by atoms with Crippen molar-refractivity contribution in [2.45, 2.75) is 51.4 Å². The van der Waals surface area contributed by atoms with Crippen LogP contribution in [0.1, 0.15) is 55.2 Å². The number of phenolic OH excluding ortho intramolecular Hbond substituents is 1. The van der Waals surface area contributed by atoms with Crippen LogP contribution in [-0.4, -0.2) is 10.9 Å². The first-order chi connectivity index (χ1) is 13.2. The molecule has 27 heavy (non-hydrogen) atoms. The summed E-state index contributed by atoms with van der Waals surface area (Å²) in [7, 11) is 0. The molecular weight excluding hydrogens is 332 g/mol. The predicted octanol–water partition coefficient (Wildman–Crippen LogP) is 5.48. The Morgan fingerprint density at radius 2 is 1.85 bits per heavy atom. The Kier molecular flexibility index (Phi) is 3.96. The summed E-state index contributed by atoms with van der Waals surface area (Å²) in [6.07, 6.45) is 7.79. The number of phenols is 1. The molecule has 2 aromatic rings. The number of hydrogen-bond donors (Lipinski definition) is 1. The minimum atomic E-state index is -0.136. The Hall–Kier alpha value is -2.35. The Balaban J connectivity index is 1.49. The smallest absolute Gasteiger partial charge is 0.139 e. The summed E-state index contributed by atoms with van der Waals surface area (Å²) in [5.41, 5.74) is 6.84. The molecule has 3 aliphatic rings. The van der Waals surface area contributed by atoms with Crippen molar-refractivity contribution in [3.05, 3.63) is 70.8 Å². The van der Waals surface area contributed by atoms with Crippen molar-refractivity contribution in [3.63, 3.8) is 0 Å². The van der Waals surface area contributed by atoms with Crippen LogP contribution in [0.5, 0.6) is 5.75 Å². The molecule has 0 amide bonds. The number of aryl methyl sites for hydroxylation is 2. The minimum Gasteiger partial charge on any atom is -0.508 e. The lowest BCUT2D eigenvalue weighted by molar-refractivity contribution is -0.127. The second-order valence-electron chi connectivity index (χ2n) is 8.50. The normalized spacial score (nSPS) is 26.5. The lowest BCUT2D eigenvalue weighted by atomic mass is 9.60. The van der Waals surface area contributed by atoms with Crippen LogP contribution in [0.3, 0.4) is 0 Å². The number of carbonyl (C=O) groups excluding carboxylic acids is 1. The van der Waals surface area contributed by atoms with Gasteiger partial charge in [0.15, 0.2) is 0 Å². The van der Waals surface area contributed by atoms with E-state index in [9.17, 15) is 9.90 Å². The quantitative estimate of drug-likeness (QED) is 0.788. The molecule has 0 heterocycles. The van der Waals surface area contributed by atoms with Crippen LogP contribution in [0.25, 0.3) is 5.57 Å². The molecule has 138 valence electrons. The third-order valence-electron chi connectivity index (χ3n) is 7.29. The highest BCUT2D eigenvalue weighted by Crippen LogP contribution is 2.58. The lowest BCUT2D eigenvalue weighted by Gasteiger charge is -2.43. The van der Waals surface area contributed by atoms with Crippen molar-refractivity contribution >= 4 is 11.4 Å². The largest absolute Gasteiger partial charge is 0.508 e. The molecule has 2 nitrogen and oxygen atoms in total. The molecule has 0 spiro atoms. The molecule has 2 aromatic carbocycles. The van der Waals surface area contributed by atoms with Gasteiger partial charge in [-0.05, 0) is 85.3 Å². The van der Waals surface area contributed by atoms with Gasteiger partial charge in [-0.3, -0.25) is 4.79 Å². The molecule has 1 saturated carbocycles. The molecule has 3 aliphatic carbocycles. The van der Waals surface area contributed by atoms with Gasteiger partial charge in [-0.25, -0.2) is 0 Å². The van der Waals surface area contributed by atoms with E-state index in [1.807, 2.05) is 12.1 Å². The van der Waals surface area contributed by atoms with Crippen molar-refractivity contribution in [1.82, 2.24) is 0 Å². The maximum absolute atomic E-state index is 13.1. The first-order valence-electron chi connectivity index (χ1n) is 10.3. The lowest BCUT2D eigenvalue weighted by Crippen LogP contribution is -2.38. The van der Waals surface area contributed by atoms with E-state index in [-0.39, 0.29) is 5.41 Å². The van der Waals surface area contributed by atoms with Crippen LogP contribution in [0.2, 0.25) is 0 Å². The zero-order chi connectivity index (χ0) is 18.4. The van der Waals surface area contributed by atoms with Gasteiger partial charge in [-0.15, -0.1) is 0 Å². The number of aromatic hydroxyl groups is 1. The van der Waals surface area contributed by atoms with Gasteiger partial charge in [0.2, 0.25) is 0 Å². The molecule has 0 bridgehead atoms. The maximum atomic E-state index is 13.1. The predicted molar refractivity (Wildman–Crippen MR) is 108 cm³/mol. The number of hydrogen-bond acceptors (Lipinski definition) is 2. The van der Waals surface area contributed by atoms with Gasteiger partial charge >= 0.3 is 0 Å². The number of ketones is 1. The first-order valence-corrected chi connectivity index (χ1v) is 10.3. The van der Waals surface area contributed by atoms with Crippen LogP contribution in [0, 0.1) is 11.3 Å². The zero-order valence-corrected chi connectivity index (χ0v) is 15.7. The summed E-state index contributed by atoms with van der Waals surface area (Å²) >= 11 is 0. The Bertz CT molecular complexity index is 925. The van der Waals surface area contributed by atoms with Crippen molar-refractivity contribution in [2.24, 2.45) is 11.3 Å². The molecule has 2 atom stereocenters. The minimum absolute atomic E-state index is 0.136. The van der Waals surface area contributed by atoms with E-state index in [1.54, 1.807) is 5.57 Å². The highest BCUT2D eigenvalue weighted by atomic mass is 16.3. The van der Waals surface area contributed by atoms with Crippen LogP contribution >= 0.6 is 0 Å². The summed E-state index contributed by atoms with van der Waals surface area (Å²) in [6, 6.07) is 16.4. The molecule has 0 radical (unpaired) electrons. The first kappa shape index (κ1) is 16.8. The summed E-state index contributed by atoms with van der Waals surface area (Å²) in [5, 5.41) is 9.83. The second kappa shape index (κ2) is 6.37. The monoisotopic (exact) mass is 358 g/mol. The second-order valence-corrected chi connectivity index (χ2v) is 8.50. The van der Waals surface area contributed by atoms with Gasteiger partial charge in [0, 0.05) is 11.8 Å². The highest BCUT2D eigenvalue weighted by Gasteiger charge is 2.53. The fraction of sp³-hybridized carbons (Fsp3) is 0.400. The molecule has 0 aromatic heterocycles. The molecular formula is C25H26O2. The number of benzene rings is 2. The fourth-order valence-corrected chi connectivity index (χ4v) is 5.97. The third-order valence-corrected chi connectivity index (χ3v) is 7.29. The van der Waals surface area contributed by atoms with E-state index in [2.05, 4.69) is 36.4 Å². The highest BCUT2D eigenvalue weighted by molar-refractivity contribution is 5.90. The summed E-state index contributed by atoms with van der Waals surface area (Å²) in [6.45, 7) is 0. The Labute approximate surface area is 160 Å². The van der Waals surface area contributed by atoms with Gasteiger partial charge in [0.1, 0.15) is 11.5 Å². The number of rotatable bonds is 3. The van der Waals surface area contributed by atoms with E-state index < -0.39 is 0 Å². The number of fused-ring (bicyclic) bond motifs is 4. The van der Waals surface area contributed by atoms with Crippen LogP contribution in [-0.2, 0) is 17.6 Å². The van der Waals surface area contributed by atoms with Crippen molar-refractivity contribution in [3.8, 4) is 5.75 Å². The number of Topliss-reactive ketones (excluding diaryl/α,β-unsaturated/α-hetero) is 1. The number of allylic oxidation sites excluding steroid dienone is 2. The molecule has 0 unspecified atom stereocenters. The molecule has 1 N–H and O–H groups in total. The Morgan fingerprint density at radius 3 is 2.70 bits per heavy atom. The van der Waals surface area contributed by atoms with E-state index in [4.69, 9.17) is 0 Å². The van der Waals surface area contributed by atoms with Gasteiger partial charge < -0.3 is 5.11 Å². The van der Waals surface area contributed by atoms with E-state index >= 15 is 0 Å². The average molecular weight is 358 g/mol. The van der Waals surface area contributed by atoms with Gasteiger partial charge in [0.25, 0.3) is 0 Å². The van der Waals surface area contributed by atoms with Crippen LogP contribution in [0.15, 0.2) is 54.1 Å². The Morgan fingerprint density at radius 1 is 1.00 bits per heavy atom. The van der Waals surface area contributed by atoms with Gasteiger partial charge in [0.05, 0.1) is 0 Å². The number of carbonyl (C=O) groups is 1. The van der Waals surface area contributed by atoms with E-state index in [0.29, 0.717) is 17.5 Å². The van der Waals surface area contributed by atoms with Gasteiger partial charge in [-0.2, -0.15) is 0 Å². The molecule has 0 saturated heterocycles.